The number of aromatic carboxylic acids is 1. The summed E-state index contributed by atoms with van der Waals surface area (Å²) in [6.07, 6.45) is 2.30. The topological polar surface area (TPSA) is 130 Å². The minimum absolute atomic E-state index is 0.0514. The predicted octanol–water partition coefficient (Wildman–Crippen LogP) is 10.0. The largest absolute Gasteiger partial charge is 0.478 e. The fraction of sp³-hybridized carbons (Fsp3) is 0.314. The van der Waals surface area contributed by atoms with Crippen molar-refractivity contribution in [3.05, 3.63) is 143 Å². The van der Waals surface area contributed by atoms with Crippen LogP contribution < -0.4 is 19.8 Å². The van der Waals surface area contributed by atoms with Crippen molar-refractivity contribution in [3.8, 4) is 22.4 Å². The van der Waals surface area contributed by atoms with E-state index in [1.165, 1.54) is 11.0 Å². The van der Waals surface area contributed by atoms with Gasteiger partial charge in [-0.25, -0.2) is 17.6 Å². The number of aliphatic hydroxyl groups excluding tert-OH is 1. The molecule has 346 valence electrons. The summed E-state index contributed by atoms with van der Waals surface area (Å²) in [6.45, 7) is 8.93. The van der Waals surface area contributed by atoms with Crippen LogP contribution in [0.15, 0.2) is 125 Å². The highest BCUT2D eigenvalue weighted by Crippen LogP contribution is 2.42. The molecule has 6 aromatic rings. The van der Waals surface area contributed by atoms with Crippen LogP contribution in [0.1, 0.15) is 40.9 Å². The van der Waals surface area contributed by atoms with Crippen molar-refractivity contribution >= 4 is 62.1 Å². The summed E-state index contributed by atoms with van der Waals surface area (Å²) in [5, 5.41) is 24.6. The molecular weight excluding hydrogens is 895 g/mol. The van der Waals surface area contributed by atoms with Crippen molar-refractivity contribution in [2.75, 3.05) is 71.4 Å². The molecule has 2 fully saturated rings. The SMILES string of the molecule is Cc1cc(S(=O)(=O)Nc2ccc(N3CCN(c4ccc(F)c(-c5c(C(=O)O)c(C)n(C)c5-c5ccc(Cl)cc5)c4)CC3)cc2)ccc1N[C@H](CCN1CCC(O)CC1)CSc1ccccc1. The fourth-order valence-corrected chi connectivity index (χ4v) is 11.2. The number of piperazine rings is 1. The molecule has 66 heavy (non-hydrogen) atoms. The average molecular weight is 952 g/mol. The molecule has 0 saturated carbocycles. The van der Waals surface area contributed by atoms with E-state index in [0.29, 0.717) is 53.8 Å². The van der Waals surface area contributed by atoms with Crippen LogP contribution in [0.4, 0.5) is 27.1 Å². The molecule has 1 aromatic heterocycles. The number of carboxylic acids is 1. The minimum atomic E-state index is -3.88. The number of nitrogens with zero attached hydrogens (tertiary/aromatic N) is 4. The second-order valence-corrected chi connectivity index (χ2v) is 20.4. The van der Waals surface area contributed by atoms with Crippen LogP contribution >= 0.6 is 23.4 Å². The highest BCUT2D eigenvalue weighted by Gasteiger charge is 2.29. The van der Waals surface area contributed by atoms with Crippen molar-refractivity contribution in [1.29, 1.82) is 0 Å². The molecule has 0 bridgehead atoms. The second-order valence-electron chi connectivity index (χ2n) is 17.1. The van der Waals surface area contributed by atoms with Gasteiger partial charge < -0.3 is 34.8 Å². The van der Waals surface area contributed by atoms with Crippen LogP contribution in [0, 0.1) is 19.7 Å². The van der Waals surface area contributed by atoms with Crippen LogP contribution in [0.3, 0.4) is 0 Å². The molecule has 0 radical (unpaired) electrons. The van der Waals surface area contributed by atoms with Gasteiger partial charge in [-0.3, -0.25) is 4.72 Å². The molecule has 8 rings (SSSR count). The Morgan fingerprint density at radius 2 is 1.50 bits per heavy atom. The van der Waals surface area contributed by atoms with E-state index in [0.717, 1.165) is 72.8 Å². The number of carboxylic acid groups (broad SMARTS) is 1. The van der Waals surface area contributed by atoms with Gasteiger partial charge in [0.2, 0.25) is 0 Å². The molecule has 1 atom stereocenters. The number of aryl methyl sites for hydroxylation is 1. The number of sulfonamides is 1. The summed E-state index contributed by atoms with van der Waals surface area (Å²) in [6, 6.07) is 35.0. The summed E-state index contributed by atoms with van der Waals surface area (Å²) >= 11 is 7.97. The van der Waals surface area contributed by atoms with Gasteiger partial charge in [0.1, 0.15) is 5.82 Å². The molecule has 0 aliphatic carbocycles. The van der Waals surface area contributed by atoms with Crippen LogP contribution in [0.25, 0.3) is 22.4 Å². The number of rotatable bonds is 16. The molecule has 0 amide bonds. The zero-order chi connectivity index (χ0) is 46.5. The fourth-order valence-electron chi connectivity index (χ4n) is 8.93. The molecule has 5 aromatic carbocycles. The number of halogens is 2. The summed E-state index contributed by atoms with van der Waals surface area (Å²) in [7, 11) is -2.10. The normalized spacial score (nSPS) is 15.5. The Hall–Kier alpha value is -5.51. The molecule has 15 heteroatoms. The van der Waals surface area contributed by atoms with Gasteiger partial charge in [0, 0.05) is 114 Å². The highest BCUT2D eigenvalue weighted by molar-refractivity contribution is 7.99. The standard InChI is InChI=1S/C51H56ClFN6O5S2/c1-34-31-44(18-20-47(34)54-39(33-65-43-7-5-4-6-8-43)21-24-57-25-22-42(60)23-26-57)66(63,64)55-38-13-15-40(16-14-38)58-27-29-59(30-28-58)41-17-19-46(53)45(32-41)49-48(51(61)62)35(2)56(3)50(49)36-9-11-37(52)12-10-36/h4-20,31-32,39,42,54-55,60H,21-30,33H2,1-3H3,(H,61,62)/t39-/m1/s1. The zero-order valence-corrected chi connectivity index (χ0v) is 39.8. The molecule has 0 spiro atoms. The van der Waals surface area contributed by atoms with Gasteiger partial charge in [0.05, 0.1) is 22.3 Å². The monoisotopic (exact) mass is 950 g/mol. The molecule has 0 unspecified atom stereocenters. The number of piperidine rings is 1. The van der Waals surface area contributed by atoms with Crippen LogP contribution in [-0.2, 0) is 17.1 Å². The van der Waals surface area contributed by atoms with E-state index >= 15 is 4.39 Å². The number of benzene rings is 5. The van der Waals surface area contributed by atoms with Gasteiger partial charge in [-0.15, -0.1) is 11.8 Å². The lowest BCUT2D eigenvalue weighted by Crippen LogP contribution is -2.46. The number of hydrogen-bond donors (Lipinski definition) is 4. The van der Waals surface area contributed by atoms with Crippen molar-refractivity contribution in [1.82, 2.24) is 9.47 Å². The summed E-state index contributed by atoms with van der Waals surface area (Å²) in [5.41, 5.74) is 6.33. The first-order valence-electron chi connectivity index (χ1n) is 22.3. The molecule has 4 N–H and O–H groups in total. The molecule has 2 aliphatic heterocycles. The molecule has 2 saturated heterocycles. The molecule has 11 nitrogen and oxygen atoms in total. The van der Waals surface area contributed by atoms with E-state index in [1.54, 1.807) is 78.8 Å². The van der Waals surface area contributed by atoms with Gasteiger partial charge >= 0.3 is 5.97 Å². The third-order valence-electron chi connectivity index (χ3n) is 12.8. The highest BCUT2D eigenvalue weighted by atomic mass is 35.5. The summed E-state index contributed by atoms with van der Waals surface area (Å²) in [4.78, 5) is 20.8. The number of nitrogens with one attached hydrogen (secondary N) is 2. The Labute approximate surface area is 396 Å². The van der Waals surface area contributed by atoms with Crippen molar-refractivity contribution in [2.24, 2.45) is 7.05 Å². The average Bonchev–Trinajstić information content (AvgIpc) is 3.58. The van der Waals surface area contributed by atoms with Crippen molar-refractivity contribution < 1.29 is 27.8 Å². The van der Waals surface area contributed by atoms with Gasteiger partial charge in [-0.1, -0.05) is 41.9 Å². The van der Waals surface area contributed by atoms with Gasteiger partial charge in [0.15, 0.2) is 0 Å². The molecule has 2 aliphatic rings. The predicted molar refractivity (Wildman–Crippen MR) is 267 cm³/mol. The van der Waals surface area contributed by atoms with Crippen LogP contribution in [0.2, 0.25) is 5.02 Å². The van der Waals surface area contributed by atoms with Gasteiger partial charge in [-0.05, 0) is 129 Å². The Kier molecular flexibility index (Phi) is 14.6. The van der Waals surface area contributed by atoms with Crippen LogP contribution in [0.5, 0.6) is 0 Å². The lowest BCUT2D eigenvalue weighted by molar-refractivity contribution is 0.0696. The Bertz CT molecular complexity index is 2760. The third kappa shape index (κ3) is 10.8. The van der Waals surface area contributed by atoms with Crippen LogP contribution in [-0.4, -0.2) is 97.8 Å². The zero-order valence-electron chi connectivity index (χ0n) is 37.4. The number of aromatic nitrogens is 1. The lowest BCUT2D eigenvalue weighted by Gasteiger charge is -2.37. The number of likely N-dealkylation sites (tertiary alicyclic amines) is 1. The number of thioether (sulfide) groups is 1. The first-order valence-corrected chi connectivity index (χ1v) is 25.2. The van der Waals surface area contributed by atoms with E-state index in [2.05, 4.69) is 36.9 Å². The minimum Gasteiger partial charge on any atom is -0.478 e. The van der Waals surface area contributed by atoms with Crippen molar-refractivity contribution in [2.45, 2.75) is 55.0 Å². The van der Waals surface area contributed by atoms with E-state index in [-0.39, 0.29) is 28.2 Å². The molecule has 3 heterocycles. The maximum absolute atomic E-state index is 15.8. The summed E-state index contributed by atoms with van der Waals surface area (Å²) < 4.78 is 47.7. The van der Waals surface area contributed by atoms with Gasteiger partial charge in [-0.2, -0.15) is 0 Å². The smallest absolute Gasteiger partial charge is 0.338 e. The number of hydrogen-bond acceptors (Lipinski definition) is 9. The number of aliphatic hydroxyl groups is 1. The van der Waals surface area contributed by atoms with E-state index < -0.39 is 21.8 Å². The Morgan fingerprint density at radius 3 is 2.15 bits per heavy atom. The maximum Gasteiger partial charge on any atom is 0.338 e. The number of carbonyl (C=O) groups is 1. The second kappa shape index (κ2) is 20.6. The first-order chi connectivity index (χ1) is 31.7. The lowest BCUT2D eigenvalue weighted by atomic mass is 9.95. The third-order valence-corrected chi connectivity index (χ3v) is 15.6. The Morgan fingerprint density at radius 1 is 0.848 bits per heavy atom. The Balaban J connectivity index is 0.904. The molecular formula is C51H56ClFN6O5S2. The van der Waals surface area contributed by atoms with E-state index in [9.17, 15) is 23.4 Å². The summed E-state index contributed by atoms with van der Waals surface area (Å²) in [5.74, 6) is -0.796. The maximum atomic E-state index is 15.8. The van der Waals surface area contributed by atoms with E-state index in [1.807, 2.05) is 55.5 Å². The number of anilines is 4. The van der Waals surface area contributed by atoms with Crippen molar-refractivity contribution in [3.63, 3.8) is 0 Å². The first kappa shape index (κ1) is 47.0. The van der Waals surface area contributed by atoms with E-state index in [4.69, 9.17) is 11.6 Å². The quantitative estimate of drug-likeness (QED) is 0.0696. The van der Waals surface area contributed by atoms with Gasteiger partial charge in [0.25, 0.3) is 10.0 Å².